The minimum absolute atomic E-state index is 0.242. The van der Waals surface area contributed by atoms with Crippen molar-refractivity contribution < 1.29 is 9.13 Å². The lowest BCUT2D eigenvalue weighted by Gasteiger charge is -2.11. The first-order valence-electron chi connectivity index (χ1n) is 5.57. The summed E-state index contributed by atoms with van der Waals surface area (Å²) in [5.74, 6) is 0.169. The van der Waals surface area contributed by atoms with E-state index in [4.69, 9.17) is 10.5 Å². The molecule has 7 heteroatoms. The van der Waals surface area contributed by atoms with E-state index in [0.29, 0.717) is 16.9 Å². The van der Waals surface area contributed by atoms with Crippen LogP contribution in [0.4, 0.5) is 21.6 Å². The Kier molecular flexibility index (Phi) is 4.16. The molecule has 0 spiro atoms. The lowest BCUT2D eigenvalue weighted by Crippen LogP contribution is -2.05. The van der Waals surface area contributed by atoms with Crippen LogP contribution in [-0.2, 0) is 0 Å². The Hall–Kier alpha value is -1.89. The molecule has 0 radical (unpaired) electrons. The van der Waals surface area contributed by atoms with Gasteiger partial charge in [0.1, 0.15) is 17.8 Å². The molecule has 0 atom stereocenters. The Morgan fingerprint density at radius 3 is 2.89 bits per heavy atom. The van der Waals surface area contributed by atoms with Crippen LogP contribution in [0.3, 0.4) is 0 Å². The van der Waals surface area contributed by atoms with Crippen LogP contribution in [0.1, 0.15) is 6.92 Å². The van der Waals surface area contributed by atoms with Gasteiger partial charge in [-0.15, -0.1) is 0 Å². The maximum Gasteiger partial charge on any atom is 0.242 e. The first-order valence-corrected chi connectivity index (χ1v) is 6.36. The molecular formula is C12H12BrFN4O. The highest BCUT2D eigenvalue weighted by Gasteiger charge is 2.11. The third-order valence-corrected chi connectivity index (χ3v) is 2.81. The minimum Gasteiger partial charge on any atom is -0.476 e. The average molecular weight is 327 g/mol. The van der Waals surface area contributed by atoms with Crippen LogP contribution < -0.4 is 15.8 Å². The van der Waals surface area contributed by atoms with Gasteiger partial charge in [-0.3, -0.25) is 0 Å². The van der Waals surface area contributed by atoms with Gasteiger partial charge >= 0.3 is 0 Å². The Morgan fingerprint density at radius 2 is 2.21 bits per heavy atom. The van der Waals surface area contributed by atoms with E-state index in [9.17, 15) is 4.39 Å². The van der Waals surface area contributed by atoms with Gasteiger partial charge in [-0.1, -0.05) is 15.9 Å². The molecule has 0 aliphatic carbocycles. The number of ether oxygens (including phenoxy) is 1. The van der Waals surface area contributed by atoms with E-state index in [1.165, 1.54) is 12.4 Å². The smallest absolute Gasteiger partial charge is 0.242 e. The summed E-state index contributed by atoms with van der Waals surface area (Å²) in [6, 6.07) is 4.65. The summed E-state index contributed by atoms with van der Waals surface area (Å²) in [4.78, 5) is 7.88. The van der Waals surface area contributed by atoms with Crippen molar-refractivity contribution in [3.63, 3.8) is 0 Å². The Labute approximate surface area is 118 Å². The van der Waals surface area contributed by atoms with Gasteiger partial charge in [-0.2, -0.15) is 4.98 Å². The highest BCUT2D eigenvalue weighted by atomic mass is 79.9. The Balaban J connectivity index is 2.30. The molecule has 0 aliphatic heterocycles. The minimum atomic E-state index is -0.412. The van der Waals surface area contributed by atoms with Crippen LogP contribution in [0.15, 0.2) is 29.0 Å². The predicted molar refractivity (Wildman–Crippen MR) is 75.0 cm³/mol. The van der Waals surface area contributed by atoms with Gasteiger partial charge < -0.3 is 15.8 Å². The predicted octanol–water partition coefficient (Wildman–Crippen LogP) is 3.10. The molecule has 3 N–H and O–H groups in total. The summed E-state index contributed by atoms with van der Waals surface area (Å²) in [6.07, 6.45) is 1.31. The maximum absolute atomic E-state index is 13.7. The van der Waals surface area contributed by atoms with Crippen molar-refractivity contribution in [2.75, 3.05) is 17.7 Å². The number of anilines is 3. The number of halogens is 2. The zero-order chi connectivity index (χ0) is 13.8. The monoisotopic (exact) mass is 326 g/mol. The van der Waals surface area contributed by atoms with E-state index in [1.807, 2.05) is 6.92 Å². The van der Waals surface area contributed by atoms with Crippen molar-refractivity contribution in [1.29, 1.82) is 0 Å². The van der Waals surface area contributed by atoms with E-state index in [1.54, 1.807) is 12.1 Å². The van der Waals surface area contributed by atoms with E-state index in [2.05, 4.69) is 31.2 Å². The van der Waals surface area contributed by atoms with E-state index in [0.717, 1.165) is 0 Å². The number of rotatable bonds is 4. The number of aromatic nitrogens is 2. The van der Waals surface area contributed by atoms with Crippen LogP contribution in [0.2, 0.25) is 0 Å². The zero-order valence-electron chi connectivity index (χ0n) is 10.2. The summed E-state index contributed by atoms with van der Waals surface area (Å²) < 4.78 is 19.6. The highest BCUT2D eigenvalue weighted by Crippen LogP contribution is 2.29. The molecule has 2 aromatic rings. The van der Waals surface area contributed by atoms with Crippen molar-refractivity contribution in [2.24, 2.45) is 0 Å². The molecule has 5 nitrogen and oxygen atoms in total. The molecule has 100 valence electrons. The first-order chi connectivity index (χ1) is 9.11. The summed E-state index contributed by atoms with van der Waals surface area (Å²) in [5.41, 5.74) is 6.37. The van der Waals surface area contributed by atoms with Gasteiger partial charge in [0, 0.05) is 4.47 Å². The van der Waals surface area contributed by atoms with Crippen molar-refractivity contribution in [2.45, 2.75) is 6.92 Å². The van der Waals surface area contributed by atoms with Crippen molar-refractivity contribution >= 4 is 33.1 Å². The van der Waals surface area contributed by atoms with Gasteiger partial charge in [0.05, 0.1) is 12.3 Å². The van der Waals surface area contributed by atoms with Crippen LogP contribution in [-0.4, -0.2) is 16.6 Å². The summed E-state index contributed by atoms with van der Waals surface area (Å²) in [6.45, 7) is 2.26. The Bertz CT molecular complexity index is 594. The summed E-state index contributed by atoms with van der Waals surface area (Å²) >= 11 is 3.19. The molecule has 0 amide bonds. The Morgan fingerprint density at radius 1 is 1.42 bits per heavy atom. The van der Waals surface area contributed by atoms with Crippen molar-refractivity contribution in [1.82, 2.24) is 9.97 Å². The summed E-state index contributed by atoms with van der Waals surface area (Å²) in [5, 5.41) is 2.81. The third-order valence-electron chi connectivity index (χ3n) is 2.31. The van der Waals surface area contributed by atoms with Crippen LogP contribution in [0.25, 0.3) is 0 Å². The fraction of sp³-hybridized carbons (Fsp3) is 0.167. The van der Waals surface area contributed by atoms with Crippen LogP contribution in [0.5, 0.6) is 5.88 Å². The lowest BCUT2D eigenvalue weighted by molar-refractivity contribution is 0.328. The second-order valence-electron chi connectivity index (χ2n) is 3.62. The molecule has 1 aromatic heterocycles. The molecule has 1 aromatic carbocycles. The number of hydrogen-bond donors (Lipinski definition) is 2. The fourth-order valence-corrected chi connectivity index (χ4v) is 1.78. The number of benzene rings is 1. The first kappa shape index (κ1) is 13.5. The van der Waals surface area contributed by atoms with Crippen molar-refractivity contribution in [3.05, 3.63) is 34.8 Å². The standard InChI is InChI=1S/C12H12BrFN4O/c1-2-19-12-10(15)11(16-6-17-12)18-9-4-3-7(13)5-8(9)14/h3-6H,2,15H2,1H3,(H,16,17,18). The second kappa shape index (κ2) is 5.83. The molecular weight excluding hydrogens is 315 g/mol. The molecule has 0 fully saturated rings. The number of nitrogens with one attached hydrogen (secondary N) is 1. The molecule has 0 unspecified atom stereocenters. The molecule has 0 bridgehead atoms. The molecule has 0 aliphatic rings. The van der Waals surface area contributed by atoms with Gasteiger partial charge in [0.2, 0.25) is 5.88 Å². The highest BCUT2D eigenvalue weighted by molar-refractivity contribution is 9.10. The fourth-order valence-electron chi connectivity index (χ4n) is 1.45. The van der Waals surface area contributed by atoms with Crippen LogP contribution in [0, 0.1) is 5.82 Å². The lowest BCUT2D eigenvalue weighted by atomic mass is 10.3. The average Bonchev–Trinajstić information content (AvgIpc) is 2.37. The van der Waals surface area contributed by atoms with E-state index >= 15 is 0 Å². The molecule has 2 rings (SSSR count). The quantitative estimate of drug-likeness (QED) is 0.903. The number of hydrogen-bond acceptors (Lipinski definition) is 5. The second-order valence-corrected chi connectivity index (χ2v) is 4.54. The number of nitrogens with two attached hydrogens (primary N) is 1. The SMILES string of the molecule is CCOc1ncnc(Nc2ccc(Br)cc2F)c1N. The van der Waals surface area contributed by atoms with Gasteiger partial charge in [0.15, 0.2) is 5.82 Å². The van der Waals surface area contributed by atoms with Crippen molar-refractivity contribution in [3.8, 4) is 5.88 Å². The largest absolute Gasteiger partial charge is 0.476 e. The van der Waals surface area contributed by atoms with E-state index in [-0.39, 0.29) is 17.3 Å². The summed E-state index contributed by atoms with van der Waals surface area (Å²) in [7, 11) is 0. The van der Waals surface area contributed by atoms with Gasteiger partial charge in [0.25, 0.3) is 0 Å². The zero-order valence-corrected chi connectivity index (χ0v) is 11.7. The topological polar surface area (TPSA) is 73.1 Å². The molecule has 0 saturated carbocycles. The molecule has 19 heavy (non-hydrogen) atoms. The van der Waals surface area contributed by atoms with Gasteiger partial charge in [-0.25, -0.2) is 9.37 Å². The van der Waals surface area contributed by atoms with E-state index < -0.39 is 5.82 Å². The van der Waals surface area contributed by atoms with Gasteiger partial charge in [-0.05, 0) is 25.1 Å². The molecule has 1 heterocycles. The number of nitrogens with zero attached hydrogens (tertiary/aromatic N) is 2. The maximum atomic E-state index is 13.7. The third kappa shape index (κ3) is 3.11. The normalized spacial score (nSPS) is 10.3. The number of nitrogen functional groups attached to an aromatic ring is 1. The molecule has 0 saturated heterocycles. The van der Waals surface area contributed by atoms with Crippen LogP contribution >= 0.6 is 15.9 Å².